The largest absolute Gasteiger partial charge is 0.455 e. The smallest absolute Gasteiger partial charge is 0.312 e. The number of hydrogen-bond donors (Lipinski definition) is 0. The van der Waals surface area contributed by atoms with Crippen molar-refractivity contribution in [1.29, 1.82) is 0 Å². The lowest BCUT2D eigenvalue weighted by atomic mass is 9.76. The molecule has 0 amide bonds. The topological polar surface area (TPSA) is 61.8 Å². The summed E-state index contributed by atoms with van der Waals surface area (Å²) in [6.45, 7) is 4.57. The molecule has 10 atom stereocenters. The van der Waals surface area contributed by atoms with E-state index in [2.05, 4.69) is 13.8 Å². The van der Waals surface area contributed by atoms with Crippen LogP contribution in [-0.2, 0) is 23.8 Å². The second-order valence-electron chi connectivity index (χ2n) is 8.00. The van der Waals surface area contributed by atoms with Crippen molar-refractivity contribution in [3.8, 4) is 0 Å². The Labute approximate surface area is 129 Å². The SMILES string of the molecule is CC1C2CC(C(=O)OC3C4CC5C(=O)OC3C5O4)C(C2)C1C. The summed E-state index contributed by atoms with van der Waals surface area (Å²) in [6.07, 6.45) is 1.68. The molecular weight excluding hydrogens is 284 g/mol. The fourth-order valence-corrected chi connectivity index (χ4v) is 5.82. The van der Waals surface area contributed by atoms with Crippen LogP contribution in [0.4, 0.5) is 0 Å². The zero-order valence-corrected chi connectivity index (χ0v) is 12.9. The maximum atomic E-state index is 12.7. The van der Waals surface area contributed by atoms with Crippen LogP contribution in [0.3, 0.4) is 0 Å². The molecule has 5 aliphatic rings. The van der Waals surface area contributed by atoms with Gasteiger partial charge in [0.15, 0.2) is 12.2 Å². The van der Waals surface area contributed by atoms with Crippen LogP contribution in [0.2, 0.25) is 0 Å². The summed E-state index contributed by atoms with van der Waals surface area (Å²) in [5.41, 5.74) is 0. The molecule has 120 valence electrons. The second kappa shape index (κ2) is 4.25. The fraction of sp³-hybridized carbons (Fsp3) is 0.882. The lowest BCUT2D eigenvalue weighted by Crippen LogP contribution is -2.42. The predicted molar refractivity (Wildman–Crippen MR) is 74.6 cm³/mol. The minimum absolute atomic E-state index is 0.0308. The first-order chi connectivity index (χ1) is 10.5. The summed E-state index contributed by atoms with van der Waals surface area (Å²) < 4.78 is 17.0. The van der Waals surface area contributed by atoms with Crippen LogP contribution in [0.25, 0.3) is 0 Å². The Kier molecular flexibility index (Phi) is 2.58. The quantitative estimate of drug-likeness (QED) is 0.724. The van der Waals surface area contributed by atoms with Gasteiger partial charge >= 0.3 is 11.9 Å². The molecule has 0 aromatic heterocycles. The Hall–Kier alpha value is -1.10. The third kappa shape index (κ3) is 1.53. The Morgan fingerprint density at radius 1 is 1.14 bits per heavy atom. The summed E-state index contributed by atoms with van der Waals surface area (Å²) in [5, 5.41) is 0. The van der Waals surface area contributed by atoms with Crippen molar-refractivity contribution in [2.75, 3.05) is 0 Å². The number of hydrogen-bond acceptors (Lipinski definition) is 5. The first kappa shape index (κ1) is 13.3. The predicted octanol–water partition coefficient (Wildman–Crippen LogP) is 1.54. The number of carbonyl (C=O) groups is 2. The molecule has 0 radical (unpaired) electrons. The Bertz CT molecular complexity index is 543. The first-order valence-corrected chi connectivity index (χ1v) is 8.61. The maximum Gasteiger partial charge on any atom is 0.312 e. The molecule has 3 aliphatic heterocycles. The molecule has 2 saturated carbocycles. The van der Waals surface area contributed by atoms with E-state index in [1.54, 1.807) is 0 Å². The van der Waals surface area contributed by atoms with Gasteiger partial charge < -0.3 is 14.2 Å². The van der Waals surface area contributed by atoms with E-state index >= 15 is 0 Å². The van der Waals surface area contributed by atoms with E-state index in [1.807, 2.05) is 0 Å². The zero-order chi connectivity index (χ0) is 15.2. The molecule has 10 unspecified atom stereocenters. The van der Waals surface area contributed by atoms with E-state index in [0.717, 1.165) is 18.8 Å². The van der Waals surface area contributed by atoms with Gasteiger partial charge in [0.25, 0.3) is 0 Å². The van der Waals surface area contributed by atoms with E-state index in [0.29, 0.717) is 24.2 Å². The Morgan fingerprint density at radius 3 is 2.68 bits per heavy atom. The summed E-state index contributed by atoms with van der Waals surface area (Å²) in [4.78, 5) is 24.4. The summed E-state index contributed by atoms with van der Waals surface area (Å²) in [5.74, 6) is 2.08. The van der Waals surface area contributed by atoms with Gasteiger partial charge in [-0.3, -0.25) is 9.59 Å². The van der Waals surface area contributed by atoms with E-state index in [-0.39, 0.29) is 48.2 Å². The molecule has 0 spiro atoms. The monoisotopic (exact) mass is 306 g/mol. The van der Waals surface area contributed by atoms with Gasteiger partial charge in [0.2, 0.25) is 0 Å². The van der Waals surface area contributed by atoms with Crippen molar-refractivity contribution in [1.82, 2.24) is 0 Å². The van der Waals surface area contributed by atoms with Crippen LogP contribution < -0.4 is 0 Å². The van der Waals surface area contributed by atoms with Crippen LogP contribution in [0.1, 0.15) is 33.1 Å². The van der Waals surface area contributed by atoms with Crippen molar-refractivity contribution in [3.63, 3.8) is 0 Å². The Balaban J connectivity index is 1.30. The number of ether oxygens (including phenoxy) is 3. The van der Waals surface area contributed by atoms with E-state index < -0.39 is 0 Å². The van der Waals surface area contributed by atoms with Crippen molar-refractivity contribution >= 4 is 11.9 Å². The highest BCUT2D eigenvalue weighted by Crippen LogP contribution is 2.55. The van der Waals surface area contributed by atoms with Crippen LogP contribution in [0, 0.1) is 35.5 Å². The van der Waals surface area contributed by atoms with E-state index in [1.165, 1.54) is 0 Å². The molecule has 5 rings (SSSR count). The lowest BCUT2D eigenvalue weighted by Gasteiger charge is -2.32. The van der Waals surface area contributed by atoms with Crippen LogP contribution >= 0.6 is 0 Å². The van der Waals surface area contributed by atoms with Crippen LogP contribution in [0.5, 0.6) is 0 Å². The number of carbonyl (C=O) groups excluding carboxylic acids is 2. The minimum atomic E-state index is -0.382. The summed E-state index contributed by atoms with van der Waals surface area (Å²) >= 11 is 0. The highest BCUT2D eigenvalue weighted by atomic mass is 16.7. The highest BCUT2D eigenvalue weighted by molar-refractivity contribution is 5.78. The minimum Gasteiger partial charge on any atom is -0.455 e. The maximum absolute atomic E-state index is 12.7. The van der Waals surface area contributed by atoms with Crippen molar-refractivity contribution in [2.45, 2.75) is 57.5 Å². The molecule has 22 heavy (non-hydrogen) atoms. The fourth-order valence-electron chi connectivity index (χ4n) is 5.82. The van der Waals surface area contributed by atoms with E-state index in [4.69, 9.17) is 14.2 Å². The molecule has 5 fully saturated rings. The van der Waals surface area contributed by atoms with E-state index in [9.17, 15) is 9.59 Å². The molecule has 0 aromatic rings. The summed E-state index contributed by atoms with van der Waals surface area (Å²) in [6, 6.07) is 0. The molecule has 4 bridgehead atoms. The van der Waals surface area contributed by atoms with Gasteiger partial charge in [0.05, 0.1) is 17.9 Å². The van der Waals surface area contributed by atoms with Gasteiger partial charge in [-0.15, -0.1) is 0 Å². The number of rotatable bonds is 2. The van der Waals surface area contributed by atoms with Crippen molar-refractivity contribution in [2.24, 2.45) is 35.5 Å². The van der Waals surface area contributed by atoms with Gasteiger partial charge in [-0.05, 0) is 42.9 Å². The Morgan fingerprint density at radius 2 is 1.95 bits per heavy atom. The second-order valence-corrected chi connectivity index (χ2v) is 8.00. The third-order valence-electron chi connectivity index (χ3n) is 7.24. The average molecular weight is 306 g/mol. The van der Waals surface area contributed by atoms with Gasteiger partial charge in [0.1, 0.15) is 6.10 Å². The molecule has 2 aliphatic carbocycles. The molecule has 0 aromatic carbocycles. The zero-order valence-electron chi connectivity index (χ0n) is 12.9. The van der Waals surface area contributed by atoms with Crippen LogP contribution in [-0.4, -0.2) is 36.4 Å². The molecule has 5 heteroatoms. The van der Waals surface area contributed by atoms with Crippen LogP contribution in [0.15, 0.2) is 0 Å². The van der Waals surface area contributed by atoms with Gasteiger partial charge in [-0.1, -0.05) is 13.8 Å². The third-order valence-corrected chi connectivity index (χ3v) is 7.24. The standard InChI is InChI=1S/C17H22O5/c1-6-7(2)9-3-8(6)4-10(9)16(18)21-14-12-5-11-13(20-12)15(14)22-17(11)19/h6-15H,3-5H2,1-2H3. The molecular formula is C17H22O5. The molecule has 3 saturated heterocycles. The highest BCUT2D eigenvalue weighted by Gasteiger charge is 2.65. The lowest BCUT2D eigenvalue weighted by molar-refractivity contribution is -0.166. The molecule has 3 heterocycles. The number of fused-ring (bicyclic) bond motifs is 3. The van der Waals surface area contributed by atoms with Crippen molar-refractivity contribution in [3.05, 3.63) is 0 Å². The van der Waals surface area contributed by atoms with Gasteiger partial charge in [-0.2, -0.15) is 0 Å². The van der Waals surface area contributed by atoms with Gasteiger partial charge in [0, 0.05) is 0 Å². The normalized spacial score (nSPS) is 57.5. The molecule has 5 nitrogen and oxygen atoms in total. The molecule has 0 N–H and O–H groups in total. The average Bonchev–Trinajstić information content (AvgIpc) is 3.23. The van der Waals surface area contributed by atoms with Crippen molar-refractivity contribution < 1.29 is 23.8 Å². The number of esters is 2. The first-order valence-electron chi connectivity index (χ1n) is 8.61. The summed E-state index contributed by atoms with van der Waals surface area (Å²) in [7, 11) is 0. The van der Waals surface area contributed by atoms with Gasteiger partial charge in [-0.25, -0.2) is 0 Å².